The lowest BCUT2D eigenvalue weighted by Crippen LogP contribution is -2.07. The summed E-state index contributed by atoms with van der Waals surface area (Å²) < 4.78 is 1.61. The van der Waals surface area contributed by atoms with E-state index in [-0.39, 0.29) is 0 Å². The molecule has 0 fully saturated rings. The Labute approximate surface area is 109 Å². The van der Waals surface area contributed by atoms with Crippen molar-refractivity contribution in [3.63, 3.8) is 0 Å². The zero-order chi connectivity index (χ0) is 12.7. The first-order valence-electron chi connectivity index (χ1n) is 5.06. The van der Waals surface area contributed by atoms with Gasteiger partial charge in [0.15, 0.2) is 0 Å². The van der Waals surface area contributed by atoms with Crippen LogP contribution in [0.15, 0.2) is 35.3 Å². The molecule has 0 unspecified atom stereocenters. The molecule has 0 aliphatic heterocycles. The van der Waals surface area contributed by atoms with Crippen LogP contribution in [0.2, 0.25) is 0 Å². The molecule has 90 valence electrons. The van der Waals surface area contributed by atoms with Crippen LogP contribution >= 0.6 is 15.9 Å². The molecule has 0 aromatic carbocycles. The summed E-state index contributed by atoms with van der Waals surface area (Å²) in [6.45, 7) is 0. The molecule has 0 radical (unpaired) electrons. The molecule has 0 saturated carbocycles. The Hall–Kier alpha value is -2.15. The van der Waals surface area contributed by atoms with Crippen LogP contribution in [-0.2, 0) is 0 Å². The molecule has 0 aliphatic carbocycles. The monoisotopic (exact) mass is 306 g/mol. The maximum atomic E-state index is 10.7. The minimum absolute atomic E-state index is 0.713. The summed E-state index contributed by atoms with van der Waals surface area (Å²) in [6.07, 6.45) is 3.58. The Kier molecular flexibility index (Phi) is 2.41. The molecule has 3 aromatic rings. The van der Waals surface area contributed by atoms with E-state index < -0.39 is 6.09 Å². The Morgan fingerprint density at radius 1 is 1.39 bits per heavy atom. The number of halogens is 1. The molecule has 0 spiro atoms. The van der Waals surface area contributed by atoms with Crippen LogP contribution in [0.1, 0.15) is 0 Å². The van der Waals surface area contributed by atoms with Crippen molar-refractivity contribution in [2.75, 3.05) is 0 Å². The highest BCUT2D eigenvalue weighted by atomic mass is 79.9. The highest BCUT2D eigenvalue weighted by Gasteiger charge is 2.09. The number of rotatable bonds is 1. The molecule has 0 saturated heterocycles. The number of carboxylic acid groups (broad SMARTS) is 1. The smallest absolute Gasteiger partial charge is 0.432 e. The fourth-order valence-corrected chi connectivity index (χ4v) is 2.05. The third kappa shape index (κ3) is 1.78. The summed E-state index contributed by atoms with van der Waals surface area (Å²) in [5.74, 6) is 0. The average Bonchev–Trinajstić information content (AvgIpc) is 2.93. The molecule has 6 nitrogen and oxygen atoms in total. The molecule has 0 amide bonds. The topological polar surface area (TPSA) is 83.8 Å². The van der Waals surface area contributed by atoms with Gasteiger partial charge in [0.2, 0.25) is 0 Å². The second-order valence-corrected chi connectivity index (χ2v) is 4.55. The predicted molar refractivity (Wildman–Crippen MR) is 68.4 cm³/mol. The van der Waals surface area contributed by atoms with Crippen molar-refractivity contribution >= 4 is 32.9 Å². The number of pyridine rings is 1. The van der Waals surface area contributed by atoms with Gasteiger partial charge in [-0.15, -0.1) is 0 Å². The fourth-order valence-electron chi connectivity index (χ4n) is 1.72. The Morgan fingerprint density at radius 3 is 2.94 bits per heavy atom. The van der Waals surface area contributed by atoms with Crippen molar-refractivity contribution in [1.29, 1.82) is 0 Å². The molecular weight excluding hydrogens is 300 g/mol. The number of nitrogens with zero attached hydrogens (tertiary/aromatic N) is 3. The molecule has 0 aliphatic rings. The van der Waals surface area contributed by atoms with Crippen molar-refractivity contribution in [2.24, 2.45) is 0 Å². The molecule has 2 N–H and O–H groups in total. The van der Waals surface area contributed by atoms with Crippen LogP contribution < -0.4 is 0 Å². The molecule has 7 heteroatoms. The molecule has 3 heterocycles. The van der Waals surface area contributed by atoms with Gasteiger partial charge in [-0.25, -0.2) is 9.78 Å². The highest BCUT2D eigenvalue weighted by Crippen LogP contribution is 2.24. The van der Waals surface area contributed by atoms with Crippen LogP contribution in [-0.4, -0.2) is 30.9 Å². The number of H-pyrrole nitrogens is 1. The van der Waals surface area contributed by atoms with Gasteiger partial charge in [-0.2, -0.15) is 9.78 Å². The number of hydrogen-bond donors (Lipinski definition) is 2. The van der Waals surface area contributed by atoms with E-state index in [0.29, 0.717) is 5.56 Å². The zero-order valence-electron chi connectivity index (χ0n) is 8.96. The summed E-state index contributed by atoms with van der Waals surface area (Å²) in [5.41, 5.74) is 2.44. The van der Waals surface area contributed by atoms with E-state index >= 15 is 0 Å². The first kappa shape index (κ1) is 11.0. The molecule has 0 bridgehead atoms. The summed E-state index contributed by atoms with van der Waals surface area (Å²) in [7, 11) is 0. The van der Waals surface area contributed by atoms with E-state index in [2.05, 4.69) is 31.0 Å². The van der Waals surface area contributed by atoms with E-state index in [1.54, 1.807) is 6.20 Å². The average molecular weight is 307 g/mol. The molecule has 0 atom stereocenters. The second kappa shape index (κ2) is 3.95. The van der Waals surface area contributed by atoms with E-state index in [1.807, 2.05) is 12.1 Å². The second-order valence-electron chi connectivity index (χ2n) is 3.73. The van der Waals surface area contributed by atoms with Gasteiger partial charge in [0.25, 0.3) is 0 Å². The summed E-state index contributed by atoms with van der Waals surface area (Å²) >= 11 is 3.30. The predicted octanol–water partition coefficient (Wildman–Crippen LogP) is 2.71. The minimum atomic E-state index is -1.11. The molecule has 3 aromatic heterocycles. The molecular formula is C11H7BrN4O2. The number of carbonyl (C=O) groups is 1. The van der Waals surface area contributed by atoms with Crippen molar-refractivity contribution in [3.8, 4) is 11.3 Å². The van der Waals surface area contributed by atoms with Gasteiger partial charge in [0.1, 0.15) is 4.60 Å². The van der Waals surface area contributed by atoms with Gasteiger partial charge >= 0.3 is 6.09 Å². The summed E-state index contributed by atoms with van der Waals surface area (Å²) in [5, 5.41) is 13.5. The first-order chi connectivity index (χ1) is 8.63. The maximum absolute atomic E-state index is 10.7. The maximum Gasteiger partial charge on any atom is 0.432 e. The van der Waals surface area contributed by atoms with E-state index in [4.69, 9.17) is 5.11 Å². The van der Waals surface area contributed by atoms with Crippen LogP contribution in [0.25, 0.3) is 22.2 Å². The lowest BCUT2D eigenvalue weighted by Gasteiger charge is -1.90. The minimum Gasteiger partial charge on any atom is -0.463 e. The largest absolute Gasteiger partial charge is 0.463 e. The third-order valence-electron chi connectivity index (χ3n) is 2.56. The van der Waals surface area contributed by atoms with Crippen molar-refractivity contribution in [1.82, 2.24) is 19.7 Å². The van der Waals surface area contributed by atoms with Gasteiger partial charge in [-0.1, -0.05) is 0 Å². The lowest BCUT2D eigenvalue weighted by molar-refractivity contribution is 0.192. The van der Waals surface area contributed by atoms with Gasteiger partial charge in [0, 0.05) is 29.0 Å². The van der Waals surface area contributed by atoms with Gasteiger partial charge in [-0.3, -0.25) is 0 Å². The van der Waals surface area contributed by atoms with E-state index in [1.165, 1.54) is 12.4 Å². The van der Waals surface area contributed by atoms with Gasteiger partial charge in [-0.05, 0) is 28.1 Å². The van der Waals surface area contributed by atoms with Crippen LogP contribution in [0, 0.1) is 0 Å². The van der Waals surface area contributed by atoms with Crippen molar-refractivity contribution in [3.05, 3.63) is 35.3 Å². The third-order valence-corrected chi connectivity index (χ3v) is 2.99. The van der Waals surface area contributed by atoms with Crippen molar-refractivity contribution in [2.45, 2.75) is 0 Å². The lowest BCUT2D eigenvalue weighted by atomic mass is 10.2. The fraction of sp³-hybridized carbons (Fsp3) is 0. The highest BCUT2D eigenvalue weighted by molar-refractivity contribution is 9.10. The van der Waals surface area contributed by atoms with E-state index in [0.717, 1.165) is 25.9 Å². The van der Waals surface area contributed by atoms with Crippen molar-refractivity contribution < 1.29 is 9.90 Å². The Morgan fingerprint density at radius 2 is 2.22 bits per heavy atom. The number of nitrogens with one attached hydrogen (secondary N) is 1. The number of hydrogen-bond acceptors (Lipinski definition) is 3. The Bertz CT molecular complexity index is 746. The van der Waals surface area contributed by atoms with Gasteiger partial charge < -0.3 is 10.1 Å². The quantitative estimate of drug-likeness (QED) is 0.677. The number of fused-ring (bicyclic) bond motifs is 1. The van der Waals surface area contributed by atoms with Crippen LogP contribution in [0.5, 0.6) is 0 Å². The Balaban J connectivity index is 2.10. The van der Waals surface area contributed by atoms with Crippen LogP contribution in [0.3, 0.4) is 0 Å². The van der Waals surface area contributed by atoms with Gasteiger partial charge in [0.05, 0.1) is 11.7 Å². The summed E-state index contributed by atoms with van der Waals surface area (Å²) in [6, 6.07) is 3.76. The first-order valence-corrected chi connectivity index (χ1v) is 5.85. The van der Waals surface area contributed by atoms with E-state index in [9.17, 15) is 4.79 Å². The standard InChI is InChI=1S/C11H7BrN4O2/c12-10-2-9-6(3-13-10)1-8(15-9)7-4-14-16(5-7)11(17)18/h1-5,15H,(H,17,18). The number of aromatic amines is 1. The summed E-state index contributed by atoms with van der Waals surface area (Å²) in [4.78, 5) is 18.1. The normalized spacial score (nSPS) is 10.9. The zero-order valence-corrected chi connectivity index (χ0v) is 10.5. The SMILES string of the molecule is O=C(O)n1cc(-c2cc3cnc(Br)cc3[nH]2)cn1. The molecule has 18 heavy (non-hydrogen) atoms. The molecule has 3 rings (SSSR count). The number of aromatic nitrogens is 4. The van der Waals surface area contributed by atoms with Crippen LogP contribution in [0.4, 0.5) is 4.79 Å².